The van der Waals surface area contributed by atoms with E-state index in [9.17, 15) is 9.90 Å². The van der Waals surface area contributed by atoms with E-state index in [1.807, 2.05) is 26.0 Å². The molecule has 1 saturated heterocycles. The Kier molecular flexibility index (Phi) is 3.90. The Morgan fingerprint density at radius 1 is 1.56 bits per heavy atom. The fourth-order valence-electron chi connectivity index (χ4n) is 2.23. The Morgan fingerprint density at radius 2 is 2.28 bits per heavy atom. The summed E-state index contributed by atoms with van der Waals surface area (Å²) in [5, 5.41) is 12.9. The number of amides is 1. The highest BCUT2D eigenvalue weighted by atomic mass is 35.5. The van der Waals surface area contributed by atoms with E-state index >= 15 is 0 Å². The number of hydrogen-bond donors (Lipinski definition) is 2. The molecule has 2 N–H and O–H groups in total. The number of nitrogens with zero attached hydrogens (tertiary/aromatic N) is 1. The lowest BCUT2D eigenvalue weighted by Gasteiger charge is -2.38. The SMILES string of the molecule is Cc1c(Cl)cccc1N1C(=O)C(CO)NCC1C. The number of benzene rings is 1. The largest absolute Gasteiger partial charge is 0.394 e. The number of hydrogen-bond acceptors (Lipinski definition) is 3. The maximum atomic E-state index is 12.3. The molecule has 2 rings (SSSR count). The number of carbonyl (C=O) groups excluding carboxylic acids is 1. The number of halogens is 1. The zero-order valence-corrected chi connectivity index (χ0v) is 11.2. The van der Waals surface area contributed by atoms with Crippen LogP contribution in [0.4, 0.5) is 5.69 Å². The van der Waals surface area contributed by atoms with Crippen LogP contribution in [-0.2, 0) is 4.79 Å². The van der Waals surface area contributed by atoms with Crippen LogP contribution in [0.15, 0.2) is 18.2 Å². The number of carbonyl (C=O) groups is 1. The Labute approximate surface area is 112 Å². The van der Waals surface area contributed by atoms with E-state index in [-0.39, 0.29) is 18.6 Å². The highest BCUT2D eigenvalue weighted by Gasteiger charge is 2.34. The molecule has 5 heteroatoms. The number of piperazine rings is 1. The molecule has 1 aliphatic rings. The Hall–Kier alpha value is -1.10. The third-order valence-corrected chi connectivity index (χ3v) is 3.73. The molecule has 98 valence electrons. The van der Waals surface area contributed by atoms with Gasteiger partial charge in [-0.15, -0.1) is 0 Å². The first kappa shape index (κ1) is 13.3. The molecular weight excluding hydrogens is 252 g/mol. The minimum absolute atomic E-state index is 0.0393. The fraction of sp³-hybridized carbons (Fsp3) is 0.462. The molecule has 18 heavy (non-hydrogen) atoms. The van der Waals surface area contributed by atoms with Gasteiger partial charge in [0, 0.05) is 23.3 Å². The van der Waals surface area contributed by atoms with E-state index in [2.05, 4.69) is 5.32 Å². The normalized spacial score (nSPS) is 24.4. The van der Waals surface area contributed by atoms with E-state index in [0.717, 1.165) is 11.3 Å². The quantitative estimate of drug-likeness (QED) is 0.851. The first-order valence-electron chi connectivity index (χ1n) is 5.98. The molecule has 1 heterocycles. The van der Waals surface area contributed by atoms with Gasteiger partial charge in [0.1, 0.15) is 6.04 Å². The van der Waals surface area contributed by atoms with Crippen LogP contribution in [0.3, 0.4) is 0 Å². The van der Waals surface area contributed by atoms with Crippen LogP contribution in [0, 0.1) is 6.92 Å². The Bertz CT molecular complexity index is 464. The van der Waals surface area contributed by atoms with Gasteiger partial charge >= 0.3 is 0 Å². The van der Waals surface area contributed by atoms with Crippen molar-refractivity contribution in [3.8, 4) is 0 Å². The Balaban J connectivity index is 2.40. The summed E-state index contributed by atoms with van der Waals surface area (Å²) in [4.78, 5) is 14.0. The average Bonchev–Trinajstić information content (AvgIpc) is 2.35. The van der Waals surface area contributed by atoms with Crippen molar-refractivity contribution in [2.75, 3.05) is 18.1 Å². The van der Waals surface area contributed by atoms with Gasteiger partial charge in [0.2, 0.25) is 5.91 Å². The van der Waals surface area contributed by atoms with Crippen LogP contribution < -0.4 is 10.2 Å². The van der Waals surface area contributed by atoms with Crippen LogP contribution in [0.1, 0.15) is 12.5 Å². The highest BCUT2D eigenvalue weighted by molar-refractivity contribution is 6.31. The van der Waals surface area contributed by atoms with Gasteiger partial charge in [0.25, 0.3) is 0 Å². The molecule has 4 nitrogen and oxygen atoms in total. The lowest BCUT2D eigenvalue weighted by molar-refractivity contribution is -0.123. The van der Waals surface area contributed by atoms with E-state index < -0.39 is 6.04 Å². The molecule has 0 aliphatic carbocycles. The third kappa shape index (κ3) is 2.23. The summed E-state index contributed by atoms with van der Waals surface area (Å²) in [7, 11) is 0. The van der Waals surface area contributed by atoms with Gasteiger partial charge in [-0.05, 0) is 31.5 Å². The van der Waals surface area contributed by atoms with Crippen LogP contribution in [0.2, 0.25) is 5.02 Å². The molecule has 2 atom stereocenters. The molecule has 0 saturated carbocycles. The molecule has 0 radical (unpaired) electrons. The van der Waals surface area contributed by atoms with Crippen LogP contribution in [-0.4, -0.2) is 36.2 Å². The molecule has 0 spiro atoms. The first-order chi connectivity index (χ1) is 8.56. The monoisotopic (exact) mass is 268 g/mol. The topological polar surface area (TPSA) is 52.6 Å². The molecule has 1 aliphatic heterocycles. The molecule has 2 unspecified atom stereocenters. The average molecular weight is 269 g/mol. The summed E-state index contributed by atoms with van der Waals surface area (Å²) >= 11 is 6.10. The lowest BCUT2D eigenvalue weighted by Crippen LogP contribution is -2.61. The van der Waals surface area contributed by atoms with Gasteiger partial charge in [-0.25, -0.2) is 0 Å². The second-order valence-corrected chi connectivity index (χ2v) is 4.99. The molecule has 0 bridgehead atoms. The smallest absolute Gasteiger partial charge is 0.246 e. The number of anilines is 1. The summed E-state index contributed by atoms with van der Waals surface area (Å²) in [6.07, 6.45) is 0. The zero-order valence-electron chi connectivity index (χ0n) is 10.5. The molecule has 1 aromatic carbocycles. The molecule has 1 aromatic rings. The molecule has 1 fully saturated rings. The number of nitrogens with one attached hydrogen (secondary N) is 1. The standard InChI is InChI=1S/C13H17ClN2O2/c1-8-6-15-11(7-17)13(18)16(8)12-5-3-4-10(14)9(12)2/h3-5,8,11,15,17H,6-7H2,1-2H3. The van der Waals surface area contributed by atoms with Gasteiger partial charge in [-0.2, -0.15) is 0 Å². The van der Waals surface area contributed by atoms with Crippen molar-refractivity contribution in [2.45, 2.75) is 25.9 Å². The molecular formula is C13H17ClN2O2. The van der Waals surface area contributed by atoms with E-state index in [1.165, 1.54) is 0 Å². The number of rotatable bonds is 2. The highest BCUT2D eigenvalue weighted by Crippen LogP contribution is 2.29. The summed E-state index contributed by atoms with van der Waals surface area (Å²) in [6, 6.07) is 5.04. The van der Waals surface area contributed by atoms with Crippen molar-refractivity contribution < 1.29 is 9.90 Å². The second-order valence-electron chi connectivity index (χ2n) is 4.58. The predicted molar refractivity (Wildman–Crippen MR) is 72.0 cm³/mol. The maximum Gasteiger partial charge on any atom is 0.246 e. The molecule has 1 amide bonds. The summed E-state index contributed by atoms with van der Waals surface area (Å²) in [5.41, 5.74) is 1.71. The minimum atomic E-state index is -0.528. The van der Waals surface area contributed by atoms with Gasteiger partial charge < -0.3 is 15.3 Å². The van der Waals surface area contributed by atoms with E-state index in [1.54, 1.807) is 11.0 Å². The van der Waals surface area contributed by atoms with Crippen LogP contribution >= 0.6 is 11.6 Å². The van der Waals surface area contributed by atoms with E-state index in [4.69, 9.17) is 11.6 Å². The van der Waals surface area contributed by atoms with Crippen molar-refractivity contribution in [1.29, 1.82) is 0 Å². The first-order valence-corrected chi connectivity index (χ1v) is 6.36. The van der Waals surface area contributed by atoms with Crippen molar-refractivity contribution >= 4 is 23.2 Å². The number of aliphatic hydroxyl groups is 1. The maximum absolute atomic E-state index is 12.3. The number of aliphatic hydroxyl groups excluding tert-OH is 1. The van der Waals surface area contributed by atoms with E-state index in [0.29, 0.717) is 11.6 Å². The van der Waals surface area contributed by atoms with Crippen molar-refractivity contribution in [3.05, 3.63) is 28.8 Å². The van der Waals surface area contributed by atoms with Gasteiger partial charge in [-0.1, -0.05) is 17.7 Å². The van der Waals surface area contributed by atoms with Gasteiger partial charge in [0.15, 0.2) is 0 Å². The predicted octanol–water partition coefficient (Wildman–Crippen LogP) is 1.33. The summed E-state index contributed by atoms with van der Waals surface area (Å²) in [6.45, 7) is 4.33. The van der Waals surface area contributed by atoms with Gasteiger partial charge in [-0.3, -0.25) is 4.79 Å². The van der Waals surface area contributed by atoms with Crippen LogP contribution in [0.25, 0.3) is 0 Å². The lowest BCUT2D eigenvalue weighted by atomic mass is 10.1. The Morgan fingerprint density at radius 3 is 2.94 bits per heavy atom. The minimum Gasteiger partial charge on any atom is -0.394 e. The second kappa shape index (κ2) is 5.26. The fourth-order valence-corrected chi connectivity index (χ4v) is 2.40. The van der Waals surface area contributed by atoms with Gasteiger partial charge in [0.05, 0.1) is 6.61 Å². The van der Waals surface area contributed by atoms with Crippen molar-refractivity contribution in [2.24, 2.45) is 0 Å². The van der Waals surface area contributed by atoms with Crippen molar-refractivity contribution in [1.82, 2.24) is 5.32 Å². The summed E-state index contributed by atoms with van der Waals surface area (Å²) in [5.74, 6) is -0.110. The van der Waals surface area contributed by atoms with Crippen molar-refractivity contribution in [3.63, 3.8) is 0 Å². The zero-order chi connectivity index (χ0) is 13.3. The molecule has 0 aromatic heterocycles. The van der Waals surface area contributed by atoms with Crippen LogP contribution in [0.5, 0.6) is 0 Å². The third-order valence-electron chi connectivity index (χ3n) is 3.32. The summed E-state index contributed by atoms with van der Waals surface area (Å²) < 4.78 is 0.